The van der Waals surface area contributed by atoms with Crippen molar-refractivity contribution in [3.63, 3.8) is 0 Å². The summed E-state index contributed by atoms with van der Waals surface area (Å²) in [4.78, 5) is 10.7. The van der Waals surface area contributed by atoms with E-state index in [-0.39, 0.29) is 0 Å². The molecular weight excluding hydrogens is 286 g/mol. The van der Waals surface area contributed by atoms with Gasteiger partial charge in [0.2, 0.25) is 5.88 Å². The molecule has 3 aromatic rings. The highest BCUT2D eigenvalue weighted by Crippen LogP contribution is 2.26. The average molecular weight is 305 g/mol. The lowest BCUT2D eigenvalue weighted by Crippen LogP contribution is -2.10. The van der Waals surface area contributed by atoms with Crippen molar-refractivity contribution in [3.8, 4) is 11.6 Å². The van der Waals surface area contributed by atoms with Gasteiger partial charge < -0.3 is 9.64 Å². The van der Waals surface area contributed by atoms with Crippen LogP contribution in [0, 0.1) is 0 Å². The quantitative estimate of drug-likeness (QED) is 0.690. The van der Waals surface area contributed by atoms with E-state index < -0.39 is 0 Å². The molecule has 3 rings (SSSR count). The van der Waals surface area contributed by atoms with Crippen molar-refractivity contribution in [2.45, 2.75) is 13.3 Å². The number of ether oxygens (including phenoxy) is 1. The molecule has 1 aromatic carbocycles. The number of pyridine rings is 2. The Kier molecular flexibility index (Phi) is 4.52. The van der Waals surface area contributed by atoms with Crippen LogP contribution in [0.4, 0.5) is 11.5 Å². The normalized spacial score (nSPS) is 10.3. The van der Waals surface area contributed by atoms with Crippen molar-refractivity contribution < 1.29 is 4.74 Å². The van der Waals surface area contributed by atoms with Crippen molar-refractivity contribution in [1.29, 1.82) is 0 Å². The van der Waals surface area contributed by atoms with Crippen molar-refractivity contribution in [2.75, 3.05) is 11.9 Å². The van der Waals surface area contributed by atoms with Gasteiger partial charge in [-0.15, -0.1) is 0 Å². The second-order valence-corrected chi connectivity index (χ2v) is 5.20. The maximum atomic E-state index is 5.70. The molecule has 0 unspecified atom stereocenters. The molecule has 0 fully saturated rings. The van der Waals surface area contributed by atoms with Crippen molar-refractivity contribution in [2.24, 2.45) is 0 Å². The third-order valence-electron chi connectivity index (χ3n) is 3.65. The summed E-state index contributed by atoms with van der Waals surface area (Å²) in [6, 6.07) is 17.6. The molecule has 0 aliphatic carbocycles. The van der Waals surface area contributed by atoms with Crippen molar-refractivity contribution >= 4 is 11.5 Å². The molecule has 2 aromatic heterocycles. The highest BCUT2D eigenvalue weighted by Gasteiger charge is 2.06. The molecule has 0 N–H and O–H groups in total. The van der Waals surface area contributed by atoms with E-state index in [1.807, 2.05) is 66.7 Å². The van der Waals surface area contributed by atoms with Crippen LogP contribution in [0.3, 0.4) is 0 Å². The first-order valence-electron chi connectivity index (χ1n) is 7.64. The fourth-order valence-electron chi connectivity index (χ4n) is 2.22. The van der Waals surface area contributed by atoms with Crippen LogP contribution in [0.5, 0.6) is 11.6 Å². The molecule has 0 atom stereocenters. The summed E-state index contributed by atoms with van der Waals surface area (Å²) in [5.41, 5.74) is 2.29. The molecule has 0 spiro atoms. The second kappa shape index (κ2) is 6.92. The fraction of sp³-hybridized carbons (Fsp3) is 0.158. The Hall–Kier alpha value is -2.88. The van der Waals surface area contributed by atoms with E-state index in [1.165, 1.54) is 5.56 Å². The third kappa shape index (κ3) is 3.66. The molecule has 4 heteroatoms. The van der Waals surface area contributed by atoms with Gasteiger partial charge in [0.05, 0.1) is 0 Å². The SMILES string of the molecule is CCc1ccc(N(C)c2ccc(Oc3ccccn3)cc2)nc1. The predicted octanol–water partition coefficient (Wildman–Crippen LogP) is 4.60. The topological polar surface area (TPSA) is 38.2 Å². The monoisotopic (exact) mass is 305 g/mol. The maximum absolute atomic E-state index is 5.70. The second-order valence-electron chi connectivity index (χ2n) is 5.20. The lowest BCUT2D eigenvalue weighted by molar-refractivity contribution is 0.463. The first-order chi connectivity index (χ1) is 11.3. The summed E-state index contributed by atoms with van der Waals surface area (Å²) in [5.74, 6) is 2.26. The minimum absolute atomic E-state index is 0.588. The molecule has 0 amide bonds. The summed E-state index contributed by atoms with van der Waals surface area (Å²) in [6.07, 6.45) is 4.63. The predicted molar refractivity (Wildman–Crippen MR) is 92.4 cm³/mol. The first kappa shape index (κ1) is 15.0. The van der Waals surface area contributed by atoms with E-state index >= 15 is 0 Å². The minimum atomic E-state index is 0.588. The fourth-order valence-corrected chi connectivity index (χ4v) is 2.22. The van der Waals surface area contributed by atoms with E-state index in [9.17, 15) is 0 Å². The van der Waals surface area contributed by atoms with Gasteiger partial charge in [-0.25, -0.2) is 9.97 Å². The van der Waals surface area contributed by atoms with Crippen molar-refractivity contribution in [1.82, 2.24) is 9.97 Å². The Morgan fingerprint density at radius 1 is 0.957 bits per heavy atom. The van der Waals surface area contributed by atoms with Gasteiger partial charge in [-0.05, 0) is 48.4 Å². The zero-order valence-electron chi connectivity index (χ0n) is 13.3. The molecule has 23 heavy (non-hydrogen) atoms. The number of aromatic nitrogens is 2. The summed E-state index contributed by atoms with van der Waals surface area (Å²) >= 11 is 0. The van der Waals surface area contributed by atoms with Crippen molar-refractivity contribution in [3.05, 3.63) is 72.6 Å². The summed E-state index contributed by atoms with van der Waals surface area (Å²) in [7, 11) is 2.00. The molecule has 0 bridgehead atoms. The van der Waals surface area contributed by atoms with Crippen LogP contribution >= 0.6 is 0 Å². The standard InChI is InChI=1S/C19H19N3O/c1-3-15-7-12-18(21-14-15)22(2)16-8-10-17(11-9-16)23-19-6-4-5-13-20-19/h4-14H,3H2,1-2H3. The molecule has 0 aliphatic rings. The zero-order valence-corrected chi connectivity index (χ0v) is 13.3. The van der Waals surface area contributed by atoms with E-state index in [0.717, 1.165) is 23.7 Å². The Balaban J connectivity index is 1.73. The average Bonchev–Trinajstić information content (AvgIpc) is 2.63. The Morgan fingerprint density at radius 3 is 2.39 bits per heavy atom. The van der Waals surface area contributed by atoms with Gasteiger partial charge in [-0.2, -0.15) is 0 Å². The minimum Gasteiger partial charge on any atom is -0.439 e. The molecule has 116 valence electrons. The first-order valence-corrected chi connectivity index (χ1v) is 7.64. The molecular formula is C19H19N3O. The molecule has 4 nitrogen and oxygen atoms in total. The number of rotatable bonds is 5. The smallest absolute Gasteiger partial charge is 0.219 e. The molecule has 0 aliphatic heterocycles. The number of hydrogen-bond acceptors (Lipinski definition) is 4. The van der Waals surface area contributed by atoms with E-state index in [4.69, 9.17) is 4.74 Å². The van der Waals surface area contributed by atoms with Crippen LogP contribution in [0.1, 0.15) is 12.5 Å². The summed E-state index contributed by atoms with van der Waals surface area (Å²) < 4.78 is 5.70. The van der Waals surface area contributed by atoms with Gasteiger partial charge >= 0.3 is 0 Å². The molecule has 0 saturated carbocycles. The molecule has 0 radical (unpaired) electrons. The van der Waals surface area contributed by atoms with E-state index in [2.05, 4.69) is 23.0 Å². The Morgan fingerprint density at radius 2 is 1.78 bits per heavy atom. The highest BCUT2D eigenvalue weighted by molar-refractivity contribution is 5.60. The third-order valence-corrected chi connectivity index (χ3v) is 3.65. The van der Waals surface area contributed by atoms with E-state index in [1.54, 1.807) is 6.20 Å². The summed E-state index contributed by atoms with van der Waals surface area (Å²) in [6.45, 7) is 2.13. The van der Waals surface area contributed by atoms with Gasteiger partial charge in [-0.3, -0.25) is 0 Å². The Bertz CT molecular complexity index is 740. The maximum Gasteiger partial charge on any atom is 0.219 e. The van der Waals surface area contributed by atoms with Crippen LogP contribution in [-0.2, 0) is 6.42 Å². The van der Waals surface area contributed by atoms with Gasteiger partial charge in [0, 0.05) is 31.2 Å². The zero-order chi connectivity index (χ0) is 16.1. The molecule has 0 saturated heterocycles. The number of nitrogens with zero attached hydrogens (tertiary/aromatic N) is 3. The van der Waals surface area contributed by atoms with Crippen LogP contribution < -0.4 is 9.64 Å². The number of anilines is 2. The molecule has 2 heterocycles. The lowest BCUT2D eigenvalue weighted by atomic mass is 10.2. The summed E-state index contributed by atoms with van der Waals surface area (Å²) in [5, 5.41) is 0. The lowest BCUT2D eigenvalue weighted by Gasteiger charge is -2.18. The van der Waals surface area contributed by atoms with Crippen LogP contribution in [0.2, 0.25) is 0 Å². The van der Waals surface area contributed by atoms with Gasteiger partial charge in [0.15, 0.2) is 0 Å². The Labute approximate surface area is 136 Å². The number of benzene rings is 1. The van der Waals surface area contributed by atoms with Gasteiger partial charge in [0.1, 0.15) is 11.6 Å². The van der Waals surface area contributed by atoms with Gasteiger partial charge in [-0.1, -0.05) is 19.1 Å². The number of aryl methyl sites for hydroxylation is 1. The van der Waals surface area contributed by atoms with E-state index in [0.29, 0.717) is 5.88 Å². The highest BCUT2D eigenvalue weighted by atomic mass is 16.5. The number of hydrogen-bond donors (Lipinski definition) is 0. The largest absolute Gasteiger partial charge is 0.439 e. The van der Waals surface area contributed by atoms with Gasteiger partial charge in [0.25, 0.3) is 0 Å². The van der Waals surface area contributed by atoms with Crippen LogP contribution in [0.15, 0.2) is 67.0 Å². The van der Waals surface area contributed by atoms with Crippen LogP contribution in [0.25, 0.3) is 0 Å². The van der Waals surface area contributed by atoms with Crippen LogP contribution in [-0.4, -0.2) is 17.0 Å².